The molecule has 0 bridgehead atoms. The van der Waals surface area contributed by atoms with Crippen molar-refractivity contribution < 1.29 is 14.7 Å². The van der Waals surface area contributed by atoms with E-state index in [-0.39, 0.29) is 17.9 Å². The Balaban J connectivity index is 1.43. The monoisotopic (exact) mass is 464 g/mol. The number of hydrogen-bond acceptors (Lipinski definition) is 4. The third-order valence-electron chi connectivity index (χ3n) is 7.13. The van der Waals surface area contributed by atoms with Gasteiger partial charge >= 0.3 is 6.09 Å². The van der Waals surface area contributed by atoms with Crippen molar-refractivity contribution in [1.29, 1.82) is 0 Å². The van der Waals surface area contributed by atoms with E-state index in [0.29, 0.717) is 18.0 Å². The lowest BCUT2D eigenvalue weighted by molar-refractivity contribution is 0.0980. The number of carboxylic acid groups (broad SMARTS) is 1. The molecule has 182 valence electrons. The molecule has 0 radical (unpaired) electrons. The van der Waals surface area contributed by atoms with Gasteiger partial charge in [-0.25, -0.2) is 9.78 Å². The van der Waals surface area contributed by atoms with E-state index in [2.05, 4.69) is 27.3 Å². The van der Waals surface area contributed by atoms with Crippen LogP contribution in [0, 0.1) is 5.92 Å². The molecule has 1 unspecified atom stereocenters. The number of nitrogens with zero attached hydrogens (tertiary/aromatic N) is 3. The summed E-state index contributed by atoms with van der Waals surface area (Å²) in [5.74, 6) is 1.75. The van der Waals surface area contributed by atoms with Crippen LogP contribution in [0.3, 0.4) is 0 Å². The van der Waals surface area contributed by atoms with Gasteiger partial charge < -0.3 is 20.2 Å². The van der Waals surface area contributed by atoms with Gasteiger partial charge in [0, 0.05) is 31.2 Å². The Morgan fingerprint density at radius 2 is 1.82 bits per heavy atom. The fourth-order valence-electron chi connectivity index (χ4n) is 5.27. The van der Waals surface area contributed by atoms with E-state index in [1.807, 2.05) is 38.1 Å². The number of carbonyl (C=O) groups excluding carboxylic acids is 1. The zero-order chi connectivity index (χ0) is 24.1. The molecule has 1 aliphatic carbocycles. The van der Waals surface area contributed by atoms with Gasteiger partial charge in [0.1, 0.15) is 5.82 Å². The molecule has 2 aliphatic rings. The van der Waals surface area contributed by atoms with Crippen molar-refractivity contribution in [1.82, 2.24) is 10.3 Å². The largest absolute Gasteiger partial charge is 0.465 e. The van der Waals surface area contributed by atoms with E-state index in [9.17, 15) is 9.59 Å². The number of rotatable bonds is 7. The van der Waals surface area contributed by atoms with Crippen LogP contribution in [-0.2, 0) is 0 Å². The summed E-state index contributed by atoms with van der Waals surface area (Å²) in [5.41, 5.74) is 2.83. The van der Waals surface area contributed by atoms with Gasteiger partial charge in [-0.15, -0.1) is 0 Å². The zero-order valence-electron chi connectivity index (χ0n) is 20.2. The summed E-state index contributed by atoms with van der Waals surface area (Å²) >= 11 is 0. The first-order valence-electron chi connectivity index (χ1n) is 12.5. The Morgan fingerprint density at radius 3 is 2.44 bits per heavy atom. The summed E-state index contributed by atoms with van der Waals surface area (Å²) in [5, 5.41) is 11.3. The first-order valence-corrected chi connectivity index (χ1v) is 12.5. The van der Waals surface area contributed by atoms with E-state index in [1.165, 1.54) is 37.7 Å². The maximum atomic E-state index is 13.4. The number of hydrogen-bond donors (Lipinski definition) is 2. The predicted molar refractivity (Wildman–Crippen MR) is 135 cm³/mol. The summed E-state index contributed by atoms with van der Waals surface area (Å²) in [6.07, 6.45) is 8.14. The second-order valence-electron chi connectivity index (χ2n) is 9.89. The van der Waals surface area contributed by atoms with Crippen LogP contribution in [0.2, 0.25) is 0 Å². The number of nitrogens with one attached hydrogen (secondary N) is 1. The van der Waals surface area contributed by atoms with Crippen LogP contribution in [0.15, 0.2) is 42.6 Å². The summed E-state index contributed by atoms with van der Waals surface area (Å²) < 4.78 is 0. The Bertz CT molecular complexity index is 968. The molecule has 2 heterocycles. The van der Waals surface area contributed by atoms with Crippen LogP contribution in [0.5, 0.6) is 0 Å². The first-order chi connectivity index (χ1) is 16.4. The van der Waals surface area contributed by atoms with Crippen molar-refractivity contribution >= 4 is 23.5 Å². The number of benzene rings is 1. The van der Waals surface area contributed by atoms with Gasteiger partial charge in [0.05, 0.1) is 11.9 Å². The molecule has 7 heteroatoms. The van der Waals surface area contributed by atoms with Crippen LogP contribution >= 0.6 is 0 Å². The molecule has 0 spiro atoms. The van der Waals surface area contributed by atoms with E-state index in [1.54, 1.807) is 11.1 Å². The van der Waals surface area contributed by atoms with Crippen molar-refractivity contribution in [3.8, 4) is 0 Å². The Morgan fingerprint density at radius 1 is 1.09 bits per heavy atom. The van der Waals surface area contributed by atoms with Gasteiger partial charge in [-0.2, -0.15) is 0 Å². The van der Waals surface area contributed by atoms with Crippen LogP contribution in [0.1, 0.15) is 74.2 Å². The molecular weight excluding hydrogens is 428 g/mol. The maximum absolute atomic E-state index is 13.4. The lowest BCUT2D eigenvalue weighted by Crippen LogP contribution is -2.37. The van der Waals surface area contributed by atoms with Gasteiger partial charge in [0.25, 0.3) is 5.91 Å². The Labute approximate surface area is 202 Å². The third kappa shape index (κ3) is 5.69. The SMILES string of the molecule is CC(C)N(C(=O)c1ccc(C2CCCCC2)cc1)c1ccc(N2CCC(CNC(=O)O)C2)nc1. The highest BCUT2D eigenvalue weighted by Gasteiger charge is 2.25. The molecule has 34 heavy (non-hydrogen) atoms. The summed E-state index contributed by atoms with van der Waals surface area (Å²) in [6.45, 7) is 6.11. The maximum Gasteiger partial charge on any atom is 0.404 e. The molecule has 1 atom stereocenters. The smallest absolute Gasteiger partial charge is 0.404 e. The summed E-state index contributed by atoms with van der Waals surface area (Å²) in [4.78, 5) is 32.8. The van der Waals surface area contributed by atoms with Crippen molar-refractivity contribution in [2.45, 2.75) is 64.3 Å². The average Bonchev–Trinajstić information content (AvgIpc) is 3.33. The second-order valence-corrected chi connectivity index (χ2v) is 9.89. The van der Waals surface area contributed by atoms with Crippen LogP contribution in [0.4, 0.5) is 16.3 Å². The van der Waals surface area contributed by atoms with Crippen molar-refractivity contribution in [3.05, 3.63) is 53.7 Å². The fraction of sp³-hybridized carbons (Fsp3) is 0.519. The Kier molecular flexibility index (Phi) is 7.70. The number of amides is 2. The minimum Gasteiger partial charge on any atom is -0.465 e. The zero-order valence-corrected chi connectivity index (χ0v) is 20.2. The van der Waals surface area contributed by atoms with Gasteiger partial charge in [0.15, 0.2) is 0 Å². The molecule has 2 aromatic rings. The van der Waals surface area contributed by atoms with Gasteiger partial charge in [0.2, 0.25) is 0 Å². The topological polar surface area (TPSA) is 85.8 Å². The van der Waals surface area contributed by atoms with Crippen molar-refractivity contribution in [3.63, 3.8) is 0 Å². The van der Waals surface area contributed by atoms with Gasteiger partial charge in [-0.1, -0.05) is 31.4 Å². The molecule has 1 aliphatic heterocycles. The molecule has 2 fully saturated rings. The average molecular weight is 465 g/mol. The second kappa shape index (κ2) is 10.9. The highest BCUT2D eigenvalue weighted by molar-refractivity contribution is 6.06. The summed E-state index contributed by atoms with van der Waals surface area (Å²) in [7, 11) is 0. The molecule has 2 amide bonds. The molecule has 4 rings (SSSR count). The highest BCUT2D eigenvalue weighted by Crippen LogP contribution is 2.33. The fourth-order valence-corrected chi connectivity index (χ4v) is 5.27. The lowest BCUT2D eigenvalue weighted by Gasteiger charge is -2.28. The standard InChI is InChI=1S/C27H36N4O3/c1-19(2)31(26(32)23-10-8-22(9-11-23)21-6-4-3-5-7-21)24-12-13-25(28-17-24)30-15-14-20(18-30)16-29-27(33)34/h8-13,17,19-21,29H,3-7,14-16,18H2,1-2H3,(H,33,34). The van der Waals surface area contributed by atoms with Gasteiger partial charge in [-0.05, 0) is 74.8 Å². The molecule has 1 aromatic carbocycles. The number of carbonyl (C=O) groups is 2. The van der Waals surface area contributed by atoms with Crippen LogP contribution in [-0.4, -0.2) is 47.8 Å². The molecule has 7 nitrogen and oxygen atoms in total. The molecule has 1 aromatic heterocycles. The van der Waals surface area contributed by atoms with Gasteiger partial charge in [-0.3, -0.25) is 4.79 Å². The highest BCUT2D eigenvalue weighted by atomic mass is 16.4. The normalized spacial score (nSPS) is 18.8. The molecule has 1 saturated carbocycles. The van der Waals surface area contributed by atoms with E-state index in [4.69, 9.17) is 5.11 Å². The Hall–Kier alpha value is -3.09. The van der Waals surface area contributed by atoms with Crippen LogP contribution in [0.25, 0.3) is 0 Å². The van der Waals surface area contributed by atoms with Crippen LogP contribution < -0.4 is 15.1 Å². The van der Waals surface area contributed by atoms with Crippen molar-refractivity contribution in [2.24, 2.45) is 5.92 Å². The van der Waals surface area contributed by atoms with E-state index < -0.39 is 6.09 Å². The quantitative estimate of drug-likeness (QED) is 0.582. The summed E-state index contributed by atoms with van der Waals surface area (Å²) in [6, 6.07) is 12.1. The minimum atomic E-state index is -0.983. The predicted octanol–water partition coefficient (Wildman–Crippen LogP) is 5.28. The molecule has 1 saturated heterocycles. The minimum absolute atomic E-state index is 0.00330. The lowest BCUT2D eigenvalue weighted by atomic mass is 9.84. The first kappa shape index (κ1) is 24.0. The van der Waals surface area contributed by atoms with E-state index >= 15 is 0 Å². The molecule has 2 N–H and O–H groups in total. The van der Waals surface area contributed by atoms with Crippen molar-refractivity contribution in [2.75, 3.05) is 29.4 Å². The molecular formula is C27H36N4O3. The number of aromatic nitrogens is 1. The third-order valence-corrected chi connectivity index (χ3v) is 7.13. The van der Waals surface area contributed by atoms with E-state index in [0.717, 1.165) is 31.0 Å². The number of pyridine rings is 1. The number of anilines is 2.